The average molecular weight is 250 g/mol. The molecule has 0 spiro atoms. The average Bonchev–Trinajstić information content (AvgIpc) is 2.39. The van der Waals surface area contributed by atoms with Crippen LogP contribution in [0.2, 0.25) is 0 Å². The van der Waals surface area contributed by atoms with Crippen molar-refractivity contribution in [2.24, 2.45) is 0 Å². The molecule has 1 unspecified atom stereocenters. The Balaban J connectivity index is 1.93. The summed E-state index contributed by atoms with van der Waals surface area (Å²) in [5.41, 5.74) is 0.581. The minimum Gasteiger partial charge on any atom is -0.391 e. The summed E-state index contributed by atoms with van der Waals surface area (Å²) in [6.45, 7) is 3.04. The highest BCUT2D eigenvalue weighted by Crippen LogP contribution is 2.12. The normalized spacial score (nSPS) is 19.7. The lowest BCUT2D eigenvalue weighted by Gasteiger charge is -2.30. The van der Waals surface area contributed by atoms with Crippen molar-refractivity contribution in [1.82, 2.24) is 14.9 Å². The molecule has 0 radical (unpaired) electrons. The molecule has 2 heterocycles. The second-order valence-corrected chi connectivity index (χ2v) is 4.41. The van der Waals surface area contributed by atoms with Gasteiger partial charge in [0.05, 0.1) is 24.2 Å². The van der Waals surface area contributed by atoms with Crippen molar-refractivity contribution in [3.63, 3.8) is 0 Å². The first-order chi connectivity index (χ1) is 8.69. The summed E-state index contributed by atoms with van der Waals surface area (Å²) in [5.74, 6) is 0.751. The second kappa shape index (κ2) is 5.77. The molecule has 1 aliphatic heterocycles. The quantitative estimate of drug-likeness (QED) is 0.821. The minimum absolute atomic E-state index is 0.207. The molecule has 2 rings (SSSR count). The molecule has 1 atom stereocenters. The van der Waals surface area contributed by atoms with E-state index in [4.69, 9.17) is 0 Å². The van der Waals surface area contributed by atoms with Crippen LogP contribution in [0.5, 0.6) is 0 Å². The molecule has 1 fully saturated rings. The van der Waals surface area contributed by atoms with Gasteiger partial charge >= 0.3 is 6.03 Å². The fraction of sp³-hybridized carbons (Fsp3) is 0.583. The van der Waals surface area contributed by atoms with Crippen molar-refractivity contribution in [3.8, 4) is 0 Å². The zero-order chi connectivity index (χ0) is 13.0. The molecule has 1 aromatic heterocycles. The van der Waals surface area contributed by atoms with Crippen molar-refractivity contribution in [1.29, 1.82) is 0 Å². The van der Waals surface area contributed by atoms with Crippen LogP contribution >= 0.6 is 0 Å². The molecular formula is C12H18N4O2. The third-order valence-corrected chi connectivity index (χ3v) is 2.96. The number of rotatable bonds is 2. The highest BCUT2D eigenvalue weighted by Gasteiger charge is 2.21. The van der Waals surface area contributed by atoms with Gasteiger partial charge < -0.3 is 15.3 Å². The molecule has 2 amide bonds. The smallest absolute Gasteiger partial charge is 0.322 e. The van der Waals surface area contributed by atoms with E-state index in [0.717, 1.165) is 25.1 Å². The van der Waals surface area contributed by atoms with Crippen molar-refractivity contribution in [3.05, 3.63) is 18.2 Å². The van der Waals surface area contributed by atoms with Gasteiger partial charge in [-0.05, 0) is 12.8 Å². The number of carbonyl (C=O) groups is 1. The molecule has 6 nitrogen and oxygen atoms in total. The zero-order valence-corrected chi connectivity index (χ0v) is 10.5. The summed E-state index contributed by atoms with van der Waals surface area (Å²) in [5, 5.41) is 12.3. The predicted molar refractivity (Wildman–Crippen MR) is 67.2 cm³/mol. The summed E-state index contributed by atoms with van der Waals surface area (Å²) in [6, 6.07) is -0.207. The number of amides is 2. The summed E-state index contributed by atoms with van der Waals surface area (Å²) < 4.78 is 0. The van der Waals surface area contributed by atoms with Gasteiger partial charge in [-0.15, -0.1) is 0 Å². The van der Waals surface area contributed by atoms with Gasteiger partial charge in [0.1, 0.15) is 5.82 Å². The number of aliphatic hydroxyl groups is 1. The van der Waals surface area contributed by atoms with Gasteiger partial charge in [0.2, 0.25) is 0 Å². The molecule has 1 saturated heterocycles. The lowest BCUT2D eigenvalue weighted by Crippen LogP contribution is -2.44. The Morgan fingerprint density at radius 1 is 1.56 bits per heavy atom. The Kier molecular flexibility index (Phi) is 4.09. The molecule has 98 valence electrons. The SMILES string of the molecule is CCc1ncc(NC(=O)N2CCCC(O)C2)cn1. The number of nitrogens with zero attached hydrogens (tertiary/aromatic N) is 3. The highest BCUT2D eigenvalue weighted by molar-refractivity contribution is 5.89. The number of piperidine rings is 1. The van der Waals surface area contributed by atoms with E-state index in [0.29, 0.717) is 18.8 Å². The van der Waals surface area contributed by atoms with Gasteiger partial charge in [-0.25, -0.2) is 14.8 Å². The maximum atomic E-state index is 11.9. The fourth-order valence-electron chi connectivity index (χ4n) is 1.94. The Bertz CT molecular complexity index is 407. The number of anilines is 1. The van der Waals surface area contributed by atoms with Crippen molar-refractivity contribution < 1.29 is 9.90 Å². The molecule has 0 aliphatic carbocycles. The Morgan fingerprint density at radius 2 is 2.28 bits per heavy atom. The van der Waals surface area contributed by atoms with Crippen molar-refractivity contribution in [2.75, 3.05) is 18.4 Å². The molecule has 0 saturated carbocycles. The number of likely N-dealkylation sites (tertiary alicyclic amines) is 1. The molecule has 0 aromatic carbocycles. The van der Waals surface area contributed by atoms with E-state index in [1.807, 2.05) is 6.92 Å². The molecule has 2 N–H and O–H groups in total. The Morgan fingerprint density at radius 3 is 2.89 bits per heavy atom. The van der Waals surface area contributed by atoms with E-state index >= 15 is 0 Å². The Hall–Kier alpha value is -1.69. The van der Waals surface area contributed by atoms with Crippen LogP contribution in [-0.4, -0.2) is 45.2 Å². The van der Waals surface area contributed by atoms with Gasteiger partial charge in [0.15, 0.2) is 0 Å². The predicted octanol–water partition coefficient (Wildman–Crippen LogP) is 1.03. The number of aryl methyl sites for hydroxylation is 1. The fourth-order valence-corrected chi connectivity index (χ4v) is 1.94. The molecule has 1 aromatic rings. The first-order valence-corrected chi connectivity index (χ1v) is 6.24. The van der Waals surface area contributed by atoms with Gasteiger partial charge in [-0.2, -0.15) is 0 Å². The molecule has 18 heavy (non-hydrogen) atoms. The molecule has 6 heteroatoms. The number of hydrogen-bond donors (Lipinski definition) is 2. The maximum Gasteiger partial charge on any atom is 0.322 e. The molecule has 1 aliphatic rings. The van der Waals surface area contributed by atoms with E-state index < -0.39 is 6.10 Å². The number of β-amino-alcohol motifs (C(OH)–C–C–N with tert-alkyl or cyclic N) is 1. The van der Waals surface area contributed by atoms with E-state index in [1.165, 1.54) is 0 Å². The topological polar surface area (TPSA) is 78.4 Å². The van der Waals surface area contributed by atoms with Crippen LogP contribution in [0.15, 0.2) is 12.4 Å². The summed E-state index contributed by atoms with van der Waals surface area (Å²) >= 11 is 0. The first-order valence-electron chi connectivity index (χ1n) is 6.24. The largest absolute Gasteiger partial charge is 0.391 e. The number of aromatic nitrogens is 2. The van der Waals surface area contributed by atoms with E-state index in [2.05, 4.69) is 15.3 Å². The lowest BCUT2D eigenvalue weighted by atomic mass is 10.1. The summed E-state index contributed by atoms with van der Waals surface area (Å²) in [7, 11) is 0. The zero-order valence-electron chi connectivity index (χ0n) is 10.5. The maximum absolute atomic E-state index is 11.9. The van der Waals surface area contributed by atoms with Crippen LogP contribution in [0.4, 0.5) is 10.5 Å². The van der Waals surface area contributed by atoms with Gasteiger partial charge in [0, 0.05) is 19.5 Å². The third kappa shape index (κ3) is 3.16. The standard InChI is InChI=1S/C12H18N4O2/c1-2-11-13-6-9(7-14-11)15-12(18)16-5-3-4-10(17)8-16/h6-7,10,17H,2-5,8H2,1H3,(H,15,18). The number of aliphatic hydroxyl groups excluding tert-OH is 1. The van der Waals surface area contributed by atoms with Crippen LogP contribution in [0.1, 0.15) is 25.6 Å². The number of hydrogen-bond acceptors (Lipinski definition) is 4. The molecule has 0 bridgehead atoms. The van der Waals surface area contributed by atoms with Crippen LogP contribution in [0, 0.1) is 0 Å². The number of urea groups is 1. The monoisotopic (exact) mass is 250 g/mol. The number of carbonyl (C=O) groups excluding carboxylic acids is 1. The van der Waals surface area contributed by atoms with Gasteiger partial charge in [0.25, 0.3) is 0 Å². The van der Waals surface area contributed by atoms with Crippen LogP contribution in [-0.2, 0) is 6.42 Å². The minimum atomic E-state index is -0.414. The lowest BCUT2D eigenvalue weighted by molar-refractivity contribution is 0.0883. The second-order valence-electron chi connectivity index (χ2n) is 4.41. The van der Waals surface area contributed by atoms with Gasteiger partial charge in [-0.3, -0.25) is 0 Å². The first kappa shape index (κ1) is 12.8. The van der Waals surface area contributed by atoms with Crippen LogP contribution in [0.3, 0.4) is 0 Å². The Labute approximate surface area is 106 Å². The summed E-state index contributed by atoms with van der Waals surface area (Å²) in [6.07, 6.45) is 5.15. The van der Waals surface area contributed by atoms with Gasteiger partial charge in [-0.1, -0.05) is 6.92 Å². The summed E-state index contributed by atoms with van der Waals surface area (Å²) in [4.78, 5) is 21.8. The third-order valence-electron chi connectivity index (χ3n) is 2.96. The van der Waals surface area contributed by atoms with Crippen molar-refractivity contribution >= 4 is 11.7 Å². The van der Waals surface area contributed by atoms with Crippen molar-refractivity contribution in [2.45, 2.75) is 32.3 Å². The van der Waals surface area contributed by atoms with Crippen LogP contribution in [0.25, 0.3) is 0 Å². The van der Waals surface area contributed by atoms with E-state index in [9.17, 15) is 9.90 Å². The number of nitrogens with one attached hydrogen (secondary N) is 1. The van der Waals surface area contributed by atoms with Crippen LogP contribution < -0.4 is 5.32 Å². The molecular weight excluding hydrogens is 232 g/mol. The van der Waals surface area contributed by atoms with E-state index in [-0.39, 0.29) is 6.03 Å². The highest BCUT2D eigenvalue weighted by atomic mass is 16.3. The van der Waals surface area contributed by atoms with E-state index in [1.54, 1.807) is 17.3 Å².